The number of carbonyl (C=O) groups is 2. The number of carbonyl (C=O) groups excluding carboxylic acids is 2. The van der Waals surface area contributed by atoms with Gasteiger partial charge in [0.15, 0.2) is 5.78 Å². The number of fused-ring (bicyclic) bond motifs is 1. The maximum atomic E-state index is 12.6. The second-order valence-electron chi connectivity index (χ2n) is 5.77. The van der Waals surface area contributed by atoms with Crippen molar-refractivity contribution < 1.29 is 23.8 Å². The summed E-state index contributed by atoms with van der Waals surface area (Å²) < 4.78 is 16.4. The number of ether oxygens (including phenoxy) is 3. The van der Waals surface area contributed by atoms with E-state index in [1.807, 2.05) is 20.8 Å². The van der Waals surface area contributed by atoms with Crippen LogP contribution < -0.4 is 9.47 Å². The molecule has 2 rings (SSSR count). The average Bonchev–Trinajstić information content (AvgIpc) is 2.45. The van der Waals surface area contributed by atoms with Gasteiger partial charge in [0.05, 0.1) is 25.7 Å². The van der Waals surface area contributed by atoms with Crippen molar-refractivity contribution in [1.82, 2.24) is 0 Å². The number of hydrogen-bond acceptors (Lipinski definition) is 5. The molecule has 1 unspecified atom stereocenters. The van der Waals surface area contributed by atoms with Crippen LogP contribution in [0.1, 0.15) is 47.3 Å². The summed E-state index contributed by atoms with van der Waals surface area (Å²) >= 11 is 0. The molecule has 0 fully saturated rings. The minimum atomic E-state index is -1.28. The molecule has 1 atom stereocenters. The van der Waals surface area contributed by atoms with Gasteiger partial charge < -0.3 is 14.2 Å². The van der Waals surface area contributed by atoms with Gasteiger partial charge in [-0.05, 0) is 45.7 Å². The van der Waals surface area contributed by atoms with Crippen LogP contribution in [0.15, 0.2) is 0 Å². The second-order valence-corrected chi connectivity index (χ2v) is 5.77. The smallest absolute Gasteiger partial charge is 0.350 e. The van der Waals surface area contributed by atoms with E-state index < -0.39 is 11.6 Å². The summed E-state index contributed by atoms with van der Waals surface area (Å²) in [4.78, 5) is 24.8. The van der Waals surface area contributed by atoms with Crippen LogP contribution in [0.2, 0.25) is 0 Å². The van der Waals surface area contributed by atoms with Gasteiger partial charge in [0.2, 0.25) is 5.60 Å². The molecule has 0 aliphatic carbocycles. The average molecular weight is 306 g/mol. The van der Waals surface area contributed by atoms with E-state index in [4.69, 9.17) is 14.2 Å². The fourth-order valence-electron chi connectivity index (χ4n) is 2.92. The number of esters is 1. The van der Waals surface area contributed by atoms with Crippen molar-refractivity contribution in [3.8, 4) is 11.5 Å². The standard InChI is InChI=1S/C17H22O5/c1-7-21-16(19)17(5)8-12(18)13-11(4)14(20-6)9(2)10(3)15(13)22-17/h7-8H2,1-6H3. The highest BCUT2D eigenvalue weighted by Gasteiger charge is 2.46. The summed E-state index contributed by atoms with van der Waals surface area (Å²) in [5.74, 6) is 0.505. The Labute approximate surface area is 130 Å². The lowest BCUT2D eigenvalue weighted by Crippen LogP contribution is -2.48. The molecule has 0 saturated heterocycles. The van der Waals surface area contributed by atoms with Crippen LogP contribution in [0.5, 0.6) is 11.5 Å². The number of rotatable bonds is 3. The van der Waals surface area contributed by atoms with Crippen molar-refractivity contribution in [3.05, 3.63) is 22.3 Å². The van der Waals surface area contributed by atoms with Gasteiger partial charge in [0.1, 0.15) is 11.5 Å². The van der Waals surface area contributed by atoms with Crippen molar-refractivity contribution in [2.45, 2.75) is 46.6 Å². The Hall–Kier alpha value is -2.04. The van der Waals surface area contributed by atoms with Crippen LogP contribution in [0, 0.1) is 20.8 Å². The van der Waals surface area contributed by atoms with Crippen molar-refractivity contribution in [2.75, 3.05) is 13.7 Å². The molecule has 0 saturated carbocycles. The minimum Gasteiger partial charge on any atom is -0.496 e. The molecule has 0 bridgehead atoms. The molecule has 0 spiro atoms. The fraction of sp³-hybridized carbons (Fsp3) is 0.529. The van der Waals surface area contributed by atoms with E-state index in [1.54, 1.807) is 21.0 Å². The highest BCUT2D eigenvalue weighted by Crippen LogP contribution is 2.43. The SMILES string of the molecule is CCOC(=O)C1(C)CC(=O)c2c(C)c(OC)c(C)c(C)c2O1. The van der Waals surface area contributed by atoms with Crippen LogP contribution in [0.25, 0.3) is 0 Å². The van der Waals surface area contributed by atoms with E-state index >= 15 is 0 Å². The van der Waals surface area contributed by atoms with Gasteiger partial charge in [-0.2, -0.15) is 0 Å². The summed E-state index contributed by atoms with van der Waals surface area (Å²) in [5.41, 5.74) is 1.68. The molecule has 0 amide bonds. The zero-order chi connectivity index (χ0) is 16.7. The van der Waals surface area contributed by atoms with Gasteiger partial charge in [0.25, 0.3) is 0 Å². The summed E-state index contributed by atoms with van der Waals surface area (Å²) in [6.07, 6.45) is -0.0364. The normalized spacial score (nSPS) is 20.2. The predicted octanol–water partition coefficient (Wildman–Crippen LogP) is 2.91. The summed E-state index contributed by atoms with van der Waals surface area (Å²) in [5, 5.41) is 0. The Bertz CT molecular complexity index is 647. The van der Waals surface area contributed by atoms with Gasteiger partial charge in [-0.15, -0.1) is 0 Å². The molecule has 0 radical (unpaired) electrons. The molecule has 1 heterocycles. The van der Waals surface area contributed by atoms with Gasteiger partial charge in [0, 0.05) is 5.56 Å². The molecule has 120 valence electrons. The number of ketones is 1. The third-order valence-electron chi connectivity index (χ3n) is 4.20. The minimum absolute atomic E-state index is 0.0364. The Balaban J connectivity index is 2.61. The van der Waals surface area contributed by atoms with Crippen molar-refractivity contribution >= 4 is 11.8 Å². The Morgan fingerprint density at radius 3 is 2.41 bits per heavy atom. The Kier molecular flexibility index (Phi) is 4.18. The van der Waals surface area contributed by atoms with Crippen LogP contribution in [0.4, 0.5) is 0 Å². The summed E-state index contributed by atoms with van der Waals surface area (Å²) in [6, 6.07) is 0. The van der Waals surface area contributed by atoms with Crippen LogP contribution in [-0.2, 0) is 9.53 Å². The first-order valence-corrected chi connectivity index (χ1v) is 7.34. The molecule has 0 aromatic heterocycles. The van der Waals surface area contributed by atoms with E-state index in [0.717, 1.165) is 16.7 Å². The monoisotopic (exact) mass is 306 g/mol. The number of hydrogen-bond donors (Lipinski definition) is 0. The predicted molar refractivity (Wildman–Crippen MR) is 81.8 cm³/mol. The number of benzene rings is 1. The van der Waals surface area contributed by atoms with Crippen LogP contribution >= 0.6 is 0 Å². The highest BCUT2D eigenvalue weighted by molar-refractivity contribution is 6.05. The molecule has 22 heavy (non-hydrogen) atoms. The van der Waals surface area contributed by atoms with E-state index in [1.165, 1.54) is 0 Å². The first kappa shape index (κ1) is 16.3. The highest BCUT2D eigenvalue weighted by atomic mass is 16.6. The first-order chi connectivity index (χ1) is 10.3. The fourth-order valence-corrected chi connectivity index (χ4v) is 2.92. The maximum Gasteiger partial charge on any atom is 0.350 e. The zero-order valence-electron chi connectivity index (χ0n) is 14.0. The molecule has 0 N–H and O–H groups in total. The Morgan fingerprint density at radius 1 is 1.23 bits per heavy atom. The third kappa shape index (κ3) is 2.34. The topological polar surface area (TPSA) is 61.8 Å². The molecule has 5 heteroatoms. The molecule has 1 aliphatic rings. The molecular formula is C17H22O5. The van der Waals surface area contributed by atoms with E-state index in [-0.39, 0.29) is 18.8 Å². The van der Waals surface area contributed by atoms with Crippen LogP contribution in [0.3, 0.4) is 0 Å². The van der Waals surface area contributed by atoms with Gasteiger partial charge in [-0.25, -0.2) is 4.79 Å². The third-order valence-corrected chi connectivity index (χ3v) is 4.20. The summed E-state index contributed by atoms with van der Waals surface area (Å²) in [7, 11) is 1.58. The number of methoxy groups -OCH3 is 1. The Morgan fingerprint density at radius 2 is 1.86 bits per heavy atom. The molecular weight excluding hydrogens is 284 g/mol. The number of Topliss-reactive ketones (excluding diaryl/α,β-unsaturated/α-hetero) is 1. The van der Waals surface area contributed by atoms with E-state index in [0.29, 0.717) is 17.1 Å². The summed E-state index contributed by atoms with van der Waals surface area (Å²) in [6.45, 7) is 9.17. The van der Waals surface area contributed by atoms with Crippen molar-refractivity contribution in [1.29, 1.82) is 0 Å². The van der Waals surface area contributed by atoms with Gasteiger partial charge in [-0.3, -0.25) is 4.79 Å². The van der Waals surface area contributed by atoms with E-state index in [2.05, 4.69) is 0 Å². The second kappa shape index (κ2) is 5.63. The quantitative estimate of drug-likeness (QED) is 0.804. The molecule has 5 nitrogen and oxygen atoms in total. The van der Waals surface area contributed by atoms with Gasteiger partial charge >= 0.3 is 5.97 Å². The molecule has 1 aromatic carbocycles. The van der Waals surface area contributed by atoms with Crippen molar-refractivity contribution in [3.63, 3.8) is 0 Å². The lowest BCUT2D eigenvalue weighted by Gasteiger charge is -2.35. The maximum absolute atomic E-state index is 12.6. The lowest BCUT2D eigenvalue weighted by atomic mass is 9.86. The zero-order valence-corrected chi connectivity index (χ0v) is 14.0. The molecule has 1 aliphatic heterocycles. The van der Waals surface area contributed by atoms with Crippen molar-refractivity contribution in [2.24, 2.45) is 0 Å². The first-order valence-electron chi connectivity index (χ1n) is 7.34. The van der Waals surface area contributed by atoms with Crippen LogP contribution in [-0.4, -0.2) is 31.1 Å². The largest absolute Gasteiger partial charge is 0.496 e. The van der Waals surface area contributed by atoms with Gasteiger partial charge in [-0.1, -0.05) is 0 Å². The lowest BCUT2D eigenvalue weighted by molar-refractivity contribution is -0.160. The molecule has 1 aromatic rings. The van der Waals surface area contributed by atoms with E-state index in [9.17, 15) is 9.59 Å².